The number of hydrogen-bond acceptors (Lipinski definition) is 4. The van der Waals surface area contributed by atoms with Crippen LogP contribution in [0.1, 0.15) is 6.42 Å². The lowest BCUT2D eigenvalue weighted by molar-refractivity contribution is 0.296. The van der Waals surface area contributed by atoms with Crippen molar-refractivity contribution in [1.82, 2.24) is 0 Å². The number of hydrogen-bond donors (Lipinski definition) is 3. The lowest BCUT2D eigenvalue weighted by Crippen LogP contribution is -2.08. The van der Waals surface area contributed by atoms with Crippen molar-refractivity contribution in [1.29, 1.82) is 0 Å². The molecule has 0 aliphatic carbocycles. The summed E-state index contributed by atoms with van der Waals surface area (Å²) >= 11 is 1.36. The summed E-state index contributed by atoms with van der Waals surface area (Å²) in [6.07, 6.45) is 1.89. The highest BCUT2D eigenvalue weighted by atomic mass is 32.2. The second-order valence-electron chi connectivity index (χ2n) is 1.66. The molecular weight excluding hydrogens is 164 g/mol. The van der Waals surface area contributed by atoms with E-state index in [0.29, 0.717) is 11.6 Å². The van der Waals surface area contributed by atoms with Gasteiger partial charge < -0.3 is 16.7 Å². The Morgan fingerprint density at radius 2 is 2.36 bits per heavy atom. The van der Waals surface area contributed by atoms with Crippen LogP contribution in [0.4, 0.5) is 0 Å². The number of nitrogens with zero attached hydrogens (tertiary/aromatic N) is 2. The standard InChI is InChI=1S/C5H12N4OS/c6-5(8-4-9-7)11-3-1-2-10/h4,10H,1-3,7H2,(H2,6,8,9). The van der Waals surface area contributed by atoms with E-state index < -0.39 is 0 Å². The van der Waals surface area contributed by atoms with Gasteiger partial charge in [-0.05, 0) is 6.42 Å². The predicted octanol–water partition coefficient (Wildman–Crippen LogP) is -0.681. The number of nitrogens with two attached hydrogens (primary N) is 2. The van der Waals surface area contributed by atoms with Gasteiger partial charge in [-0.2, -0.15) is 5.10 Å². The van der Waals surface area contributed by atoms with Crippen LogP contribution in [0.5, 0.6) is 0 Å². The summed E-state index contributed by atoms with van der Waals surface area (Å²) in [6.45, 7) is 0.172. The number of aliphatic hydroxyl groups excluding tert-OH is 1. The van der Waals surface area contributed by atoms with Crippen LogP contribution in [0.2, 0.25) is 0 Å². The molecule has 5 nitrogen and oxygen atoms in total. The number of aliphatic imine (C=N–C) groups is 1. The third-order valence-corrected chi connectivity index (χ3v) is 1.70. The van der Waals surface area contributed by atoms with E-state index >= 15 is 0 Å². The predicted molar refractivity (Wildman–Crippen MR) is 48.5 cm³/mol. The van der Waals surface area contributed by atoms with Crippen LogP contribution in [0.3, 0.4) is 0 Å². The van der Waals surface area contributed by atoms with Gasteiger partial charge in [0.15, 0.2) is 5.17 Å². The van der Waals surface area contributed by atoms with Gasteiger partial charge in [-0.1, -0.05) is 11.8 Å². The molecule has 0 aliphatic rings. The van der Waals surface area contributed by atoms with Crippen molar-refractivity contribution in [3.8, 4) is 0 Å². The molecule has 0 rings (SSSR count). The minimum Gasteiger partial charge on any atom is -0.396 e. The van der Waals surface area contributed by atoms with Crippen molar-refractivity contribution in [2.45, 2.75) is 6.42 Å². The van der Waals surface area contributed by atoms with Gasteiger partial charge in [0.2, 0.25) is 0 Å². The maximum Gasteiger partial charge on any atom is 0.160 e. The summed E-state index contributed by atoms with van der Waals surface area (Å²) in [5.74, 6) is 5.54. The van der Waals surface area contributed by atoms with E-state index in [1.54, 1.807) is 0 Å². The first-order chi connectivity index (χ1) is 5.31. The molecule has 0 aliphatic heterocycles. The molecule has 0 aromatic heterocycles. The molecule has 64 valence electrons. The van der Waals surface area contributed by atoms with Crippen molar-refractivity contribution in [2.24, 2.45) is 21.7 Å². The maximum atomic E-state index is 8.41. The summed E-state index contributed by atoms with van der Waals surface area (Å²) in [6, 6.07) is 0. The van der Waals surface area contributed by atoms with E-state index in [4.69, 9.17) is 16.7 Å². The quantitative estimate of drug-likeness (QED) is 0.174. The summed E-state index contributed by atoms with van der Waals surface area (Å²) in [4.78, 5) is 3.67. The SMILES string of the molecule is N/N=C\N=C(N)SCCCO. The number of hydrazone groups is 1. The fourth-order valence-corrected chi connectivity index (χ4v) is 0.973. The largest absolute Gasteiger partial charge is 0.396 e. The fraction of sp³-hybridized carbons (Fsp3) is 0.600. The van der Waals surface area contributed by atoms with Crippen molar-refractivity contribution >= 4 is 23.3 Å². The molecule has 0 aromatic carbocycles. The molecule has 0 radical (unpaired) electrons. The first kappa shape index (κ1) is 10.2. The molecule has 5 N–H and O–H groups in total. The van der Waals surface area contributed by atoms with Gasteiger partial charge >= 0.3 is 0 Å². The first-order valence-corrected chi connectivity index (χ1v) is 4.08. The molecule has 0 unspecified atom stereocenters. The van der Waals surface area contributed by atoms with Crippen LogP contribution < -0.4 is 11.6 Å². The molecule has 0 amide bonds. The minimum absolute atomic E-state index is 0.172. The van der Waals surface area contributed by atoms with Crippen LogP contribution in [0, 0.1) is 0 Å². The zero-order chi connectivity index (χ0) is 8.53. The van der Waals surface area contributed by atoms with Gasteiger partial charge in [0.25, 0.3) is 0 Å². The molecule has 0 atom stereocenters. The summed E-state index contributed by atoms with van der Waals surface area (Å²) in [5.41, 5.74) is 5.39. The monoisotopic (exact) mass is 176 g/mol. The van der Waals surface area contributed by atoms with E-state index in [1.165, 1.54) is 18.1 Å². The molecule has 0 spiro atoms. The Morgan fingerprint density at radius 1 is 1.64 bits per heavy atom. The number of amidine groups is 1. The summed E-state index contributed by atoms with van der Waals surface area (Å²) in [7, 11) is 0. The molecule has 11 heavy (non-hydrogen) atoms. The smallest absolute Gasteiger partial charge is 0.160 e. The van der Waals surface area contributed by atoms with Gasteiger partial charge in [-0.25, -0.2) is 4.99 Å². The van der Waals surface area contributed by atoms with Crippen LogP contribution in [0.25, 0.3) is 0 Å². The zero-order valence-electron chi connectivity index (χ0n) is 6.10. The lowest BCUT2D eigenvalue weighted by Gasteiger charge is -1.95. The first-order valence-electron chi connectivity index (χ1n) is 3.10. The molecule has 0 aromatic rings. The molecule has 6 heteroatoms. The van der Waals surface area contributed by atoms with E-state index in [9.17, 15) is 0 Å². The van der Waals surface area contributed by atoms with E-state index in [1.807, 2.05) is 0 Å². The number of thioether (sulfide) groups is 1. The normalized spacial score (nSPS) is 12.6. The van der Waals surface area contributed by atoms with E-state index in [-0.39, 0.29) is 6.61 Å². The third kappa shape index (κ3) is 7.14. The minimum atomic E-state index is 0.172. The molecular formula is C5H12N4OS. The van der Waals surface area contributed by atoms with Crippen molar-refractivity contribution < 1.29 is 5.11 Å². The van der Waals surface area contributed by atoms with Crippen LogP contribution in [-0.2, 0) is 0 Å². The Hall–Kier alpha value is -0.750. The average molecular weight is 176 g/mol. The third-order valence-electron chi connectivity index (χ3n) is 0.804. The van der Waals surface area contributed by atoms with Gasteiger partial charge in [-0.3, -0.25) is 0 Å². The van der Waals surface area contributed by atoms with Crippen molar-refractivity contribution in [3.63, 3.8) is 0 Å². The number of rotatable bonds is 4. The van der Waals surface area contributed by atoms with Crippen LogP contribution in [0.15, 0.2) is 10.1 Å². The lowest BCUT2D eigenvalue weighted by atomic mass is 10.5. The van der Waals surface area contributed by atoms with Crippen LogP contribution >= 0.6 is 11.8 Å². The van der Waals surface area contributed by atoms with E-state index in [0.717, 1.165) is 5.75 Å². The second-order valence-corrected chi connectivity index (χ2v) is 2.77. The fourth-order valence-electron chi connectivity index (χ4n) is 0.369. The highest BCUT2D eigenvalue weighted by Gasteiger charge is 1.90. The van der Waals surface area contributed by atoms with E-state index in [2.05, 4.69) is 10.1 Å². The van der Waals surface area contributed by atoms with Gasteiger partial charge in [-0.15, -0.1) is 0 Å². The number of aliphatic hydroxyl groups is 1. The Balaban J connectivity index is 3.42. The Labute approximate surface area is 69.6 Å². The summed E-state index contributed by atoms with van der Waals surface area (Å²) in [5, 5.41) is 12.0. The molecule has 0 saturated heterocycles. The topological polar surface area (TPSA) is 97.0 Å². The zero-order valence-corrected chi connectivity index (χ0v) is 6.92. The van der Waals surface area contributed by atoms with Crippen molar-refractivity contribution in [2.75, 3.05) is 12.4 Å². The molecule has 0 bridgehead atoms. The van der Waals surface area contributed by atoms with Crippen molar-refractivity contribution in [3.05, 3.63) is 0 Å². The molecule has 0 fully saturated rings. The van der Waals surface area contributed by atoms with Gasteiger partial charge in [0, 0.05) is 12.4 Å². The van der Waals surface area contributed by atoms with Crippen LogP contribution in [-0.4, -0.2) is 29.0 Å². The second kappa shape index (κ2) is 7.36. The molecule has 0 saturated carbocycles. The highest BCUT2D eigenvalue weighted by molar-refractivity contribution is 8.13. The average Bonchev–Trinajstić information content (AvgIpc) is 2.01. The maximum absolute atomic E-state index is 8.41. The van der Waals surface area contributed by atoms with Gasteiger partial charge in [0.1, 0.15) is 6.34 Å². The Morgan fingerprint density at radius 3 is 2.91 bits per heavy atom. The summed E-state index contributed by atoms with van der Waals surface area (Å²) < 4.78 is 0. The highest BCUT2D eigenvalue weighted by Crippen LogP contribution is 2.00. The Bertz CT molecular complexity index is 147. The molecule has 0 heterocycles. The van der Waals surface area contributed by atoms with Gasteiger partial charge in [0.05, 0.1) is 0 Å². The Kier molecular flexibility index (Phi) is 6.86.